The molecular formula is C13H21N. The fourth-order valence-electron chi connectivity index (χ4n) is 4.69. The van der Waals surface area contributed by atoms with Crippen LogP contribution in [0.3, 0.4) is 0 Å². The number of hydrogen-bond acceptors (Lipinski definition) is 1. The summed E-state index contributed by atoms with van der Waals surface area (Å²) in [6.07, 6.45) is 7.69. The van der Waals surface area contributed by atoms with Crippen molar-refractivity contribution in [3.63, 3.8) is 0 Å². The first-order chi connectivity index (χ1) is 6.83. The molecule has 0 radical (unpaired) electrons. The SMILES string of the molecule is CC1CC1NC1CC2C3CCC(C3)C12. The molecule has 1 nitrogen and oxygen atoms in total. The average Bonchev–Trinajstić information content (AvgIpc) is 2.59. The van der Waals surface area contributed by atoms with Gasteiger partial charge >= 0.3 is 0 Å². The quantitative estimate of drug-likeness (QED) is 0.707. The molecular weight excluding hydrogens is 170 g/mol. The first kappa shape index (κ1) is 8.15. The lowest BCUT2D eigenvalue weighted by Crippen LogP contribution is -2.53. The fraction of sp³-hybridized carbons (Fsp3) is 1.00. The molecule has 4 rings (SSSR count). The van der Waals surface area contributed by atoms with Gasteiger partial charge in [-0.25, -0.2) is 0 Å². The molecule has 1 N–H and O–H groups in total. The second kappa shape index (κ2) is 2.55. The fourth-order valence-corrected chi connectivity index (χ4v) is 4.69. The van der Waals surface area contributed by atoms with E-state index in [0.29, 0.717) is 0 Å². The van der Waals surface area contributed by atoms with Crippen LogP contribution in [0.25, 0.3) is 0 Å². The second-order valence-electron chi connectivity index (χ2n) is 6.40. The minimum atomic E-state index is 0.903. The molecule has 0 aromatic heterocycles. The Kier molecular flexibility index (Phi) is 1.49. The zero-order valence-corrected chi connectivity index (χ0v) is 9.08. The highest BCUT2D eigenvalue weighted by Gasteiger charge is 2.57. The van der Waals surface area contributed by atoms with E-state index in [1.54, 1.807) is 19.3 Å². The molecule has 14 heavy (non-hydrogen) atoms. The van der Waals surface area contributed by atoms with Crippen molar-refractivity contribution in [3.05, 3.63) is 0 Å². The predicted molar refractivity (Wildman–Crippen MR) is 56.9 cm³/mol. The van der Waals surface area contributed by atoms with Crippen molar-refractivity contribution in [1.82, 2.24) is 5.32 Å². The summed E-state index contributed by atoms with van der Waals surface area (Å²) < 4.78 is 0. The molecule has 0 spiro atoms. The van der Waals surface area contributed by atoms with Crippen LogP contribution in [0.2, 0.25) is 0 Å². The third kappa shape index (κ3) is 0.946. The molecule has 4 aliphatic rings. The van der Waals surface area contributed by atoms with E-state index in [9.17, 15) is 0 Å². The van der Waals surface area contributed by atoms with Crippen molar-refractivity contribution >= 4 is 0 Å². The molecule has 4 fully saturated rings. The number of rotatable bonds is 2. The Morgan fingerprint density at radius 1 is 0.929 bits per heavy atom. The minimum Gasteiger partial charge on any atom is -0.311 e. The Hall–Kier alpha value is -0.0400. The Balaban J connectivity index is 1.43. The summed E-state index contributed by atoms with van der Waals surface area (Å²) in [5.74, 6) is 5.53. The summed E-state index contributed by atoms with van der Waals surface area (Å²) in [5, 5.41) is 3.90. The zero-order chi connectivity index (χ0) is 9.28. The number of nitrogens with one attached hydrogen (secondary N) is 1. The van der Waals surface area contributed by atoms with Crippen LogP contribution < -0.4 is 5.32 Å². The van der Waals surface area contributed by atoms with Crippen molar-refractivity contribution in [1.29, 1.82) is 0 Å². The summed E-state index contributed by atoms with van der Waals surface area (Å²) >= 11 is 0. The molecule has 0 aromatic rings. The molecule has 7 atom stereocenters. The standard InChI is InChI=1S/C13H21N/c1-7-4-11(7)14-12-6-10-8-2-3-9(5-8)13(10)12/h7-14H,2-6H2,1H3. The smallest absolute Gasteiger partial charge is 0.0106 e. The van der Waals surface area contributed by atoms with E-state index in [1.807, 2.05) is 0 Å². The molecule has 0 aliphatic heterocycles. The van der Waals surface area contributed by atoms with Crippen molar-refractivity contribution in [3.8, 4) is 0 Å². The van der Waals surface area contributed by atoms with Gasteiger partial charge in [0.05, 0.1) is 0 Å². The molecule has 1 heteroatoms. The Bertz CT molecular complexity index is 260. The van der Waals surface area contributed by atoms with E-state index in [2.05, 4.69) is 12.2 Å². The van der Waals surface area contributed by atoms with Gasteiger partial charge in [-0.15, -0.1) is 0 Å². The molecule has 4 aliphatic carbocycles. The van der Waals surface area contributed by atoms with Crippen molar-refractivity contribution < 1.29 is 0 Å². The molecule has 7 unspecified atom stereocenters. The lowest BCUT2D eigenvalue weighted by atomic mass is 9.62. The van der Waals surface area contributed by atoms with Crippen molar-refractivity contribution in [2.24, 2.45) is 29.6 Å². The van der Waals surface area contributed by atoms with Crippen LogP contribution in [0.1, 0.15) is 39.0 Å². The number of hydrogen-bond donors (Lipinski definition) is 1. The monoisotopic (exact) mass is 191 g/mol. The molecule has 0 aromatic carbocycles. The maximum absolute atomic E-state index is 3.90. The highest BCUT2D eigenvalue weighted by molar-refractivity contribution is 5.10. The number of fused-ring (bicyclic) bond motifs is 5. The van der Waals surface area contributed by atoms with Crippen LogP contribution in [0.4, 0.5) is 0 Å². The highest BCUT2D eigenvalue weighted by Crippen LogP contribution is 2.61. The van der Waals surface area contributed by atoms with E-state index in [4.69, 9.17) is 0 Å². The van der Waals surface area contributed by atoms with Crippen LogP contribution in [-0.4, -0.2) is 12.1 Å². The van der Waals surface area contributed by atoms with E-state index < -0.39 is 0 Å². The van der Waals surface area contributed by atoms with Crippen LogP contribution in [0.5, 0.6) is 0 Å². The topological polar surface area (TPSA) is 12.0 Å². The van der Waals surface area contributed by atoms with Crippen molar-refractivity contribution in [2.75, 3.05) is 0 Å². The predicted octanol–water partition coefficient (Wildman–Crippen LogP) is 2.42. The van der Waals surface area contributed by atoms with Gasteiger partial charge in [0.15, 0.2) is 0 Å². The van der Waals surface area contributed by atoms with Gasteiger partial charge in [0.2, 0.25) is 0 Å². The Labute approximate surface area is 86.6 Å². The second-order valence-corrected chi connectivity index (χ2v) is 6.40. The summed E-state index contributed by atoms with van der Waals surface area (Å²) in [6.45, 7) is 2.38. The van der Waals surface area contributed by atoms with E-state index in [1.165, 1.54) is 12.8 Å². The van der Waals surface area contributed by atoms with Gasteiger partial charge in [0.25, 0.3) is 0 Å². The van der Waals surface area contributed by atoms with Gasteiger partial charge in [-0.05, 0) is 61.7 Å². The Morgan fingerprint density at radius 3 is 2.43 bits per heavy atom. The largest absolute Gasteiger partial charge is 0.311 e. The van der Waals surface area contributed by atoms with E-state index in [0.717, 1.165) is 41.7 Å². The van der Waals surface area contributed by atoms with Crippen molar-refractivity contribution in [2.45, 2.75) is 51.1 Å². The molecule has 0 heterocycles. The first-order valence-electron chi connectivity index (χ1n) is 6.59. The maximum atomic E-state index is 3.90. The zero-order valence-electron chi connectivity index (χ0n) is 9.08. The summed E-state index contributed by atoms with van der Waals surface area (Å²) in [6, 6.07) is 1.84. The maximum Gasteiger partial charge on any atom is 0.0106 e. The molecule has 78 valence electrons. The third-order valence-electron chi connectivity index (χ3n) is 5.69. The highest BCUT2D eigenvalue weighted by atomic mass is 15.0. The average molecular weight is 191 g/mol. The molecule has 2 bridgehead atoms. The summed E-state index contributed by atoms with van der Waals surface area (Å²) in [5.41, 5.74) is 0. The molecule has 0 saturated heterocycles. The van der Waals surface area contributed by atoms with Gasteiger partial charge < -0.3 is 5.32 Å². The van der Waals surface area contributed by atoms with Crippen LogP contribution in [0, 0.1) is 29.6 Å². The van der Waals surface area contributed by atoms with Gasteiger partial charge in [-0.1, -0.05) is 6.92 Å². The lowest BCUT2D eigenvalue weighted by Gasteiger charge is -2.48. The van der Waals surface area contributed by atoms with Gasteiger partial charge in [-0.2, -0.15) is 0 Å². The van der Waals surface area contributed by atoms with Crippen LogP contribution >= 0.6 is 0 Å². The third-order valence-corrected chi connectivity index (χ3v) is 5.69. The van der Waals surface area contributed by atoms with E-state index in [-0.39, 0.29) is 0 Å². The van der Waals surface area contributed by atoms with Gasteiger partial charge in [0, 0.05) is 12.1 Å². The van der Waals surface area contributed by atoms with Crippen LogP contribution in [-0.2, 0) is 0 Å². The Morgan fingerprint density at radius 2 is 1.71 bits per heavy atom. The van der Waals surface area contributed by atoms with Gasteiger partial charge in [0.1, 0.15) is 0 Å². The van der Waals surface area contributed by atoms with Crippen LogP contribution in [0.15, 0.2) is 0 Å². The molecule has 4 saturated carbocycles. The van der Waals surface area contributed by atoms with Gasteiger partial charge in [-0.3, -0.25) is 0 Å². The first-order valence-corrected chi connectivity index (χ1v) is 6.59. The van der Waals surface area contributed by atoms with E-state index >= 15 is 0 Å². The minimum absolute atomic E-state index is 0.903. The normalized spacial score (nSPS) is 63.6. The summed E-state index contributed by atoms with van der Waals surface area (Å²) in [4.78, 5) is 0. The summed E-state index contributed by atoms with van der Waals surface area (Å²) in [7, 11) is 0. The molecule has 0 amide bonds. The lowest BCUT2D eigenvalue weighted by molar-refractivity contribution is 0.0480.